The third-order valence-electron chi connectivity index (χ3n) is 5.98. The topological polar surface area (TPSA) is 102 Å². The van der Waals surface area contributed by atoms with E-state index in [1.807, 2.05) is 65.6 Å². The molecular formula is C27H26N6O3. The maximum Gasteiger partial charge on any atom is 0.329 e. The van der Waals surface area contributed by atoms with E-state index in [1.54, 1.807) is 29.2 Å². The molecule has 2 aromatic carbocycles. The van der Waals surface area contributed by atoms with Crippen molar-refractivity contribution in [1.82, 2.24) is 19.7 Å². The zero-order chi connectivity index (χ0) is 24.7. The second-order valence-corrected chi connectivity index (χ2v) is 8.44. The zero-order valence-electron chi connectivity index (χ0n) is 19.7. The fourth-order valence-electron chi connectivity index (χ4n) is 4.25. The number of benzene rings is 2. The van der Waals surface area contributed by atoms with Gasteiger partial charge in [-0.15, -0.1) is 0 Å². The van der Waals surface area contributed by atoms with Gasteiger partial charge in [0.1, 0.15) is 11.9 Å². The molecule has 9 heteroatoms. The van der Waals surface area contributed by atoms with Crippen LogP contribution in [0.1, 0.15) is 19.3 Å². The van der Waals surface area contributed by atoms with Crippen molar-refractivity contribution >= 4 is 23.6 Å². The molecule has 182 valence electrons. The van der Waals surface area contributed by atoms with Crippen molar-refractivity contribution in [1.29, 1.82) is 0 Å². The Balaban J connectivity index is 1.29. The summed E-state index contributed by atoms with van der Waals surface area (Å²) < 4.78 is 7.09. The van der Waals surface area contributed by atoms with Crippen LogP contribution in [-0.4, -0.2) is 50.8 Å². The minimum atomic E-state index is -0.520. The molecule has 0 saturated carbocycles. The minimum absolute atomic E-state index is 0.403. The lowest BCUT2D eigenvalue weighted by atomic mass is 10.0. The van der Waals surface area contributed by atoms with Crippen molar-refractivity contribution in [2.45, 2.75) is 25.3 Å². The van der Waals surface area contributed by atoms with Gasteiger partial charge in [-0.25, -0.2) is 19.4 Å². The van der Waals surface area contributed by atoms with E-state index in [9.17, 15) is 9.59 Å². The molecule has 0 radical (unpaired) electrons. The number of para-hydroxylation sites is 1. The van der Waals surface area contributed by atoms with Gasteiger partial charge < -0.3 is 15.0 Å². The number of nitrogens with zero attached hydrogens (tertiary/aromatic N) is 5. The fourth-order valence-corrected chi connectivity index (χ4v) is 4.25. The van der Waals surface area contributed by atoms with Gasteiger partial charge in [0.15, 0.2) is 6.61 Å². The van der Waals surface area contributed by atoms with E-state index in [0.29, 0.717) is 30.4 Å². The molecule has 36 heavy (non-hydrogen) atoms. The molecule has 4 aromatic rings. The van der Waals surface area contributed by atoms with Crippen molar-refractivity contribution in [3.05, 3.63) is 85.2 Å². The van der Waals surface area contributed by atoms with Crippen LogP contribution in [0.3, 0.4) is 0 Å². The van der Waals surface area contributed by atoms with Crippen LogP contribution >= 0.6 is 0 Å². The summed E-state index contributed by atoms with van der Waals surface area (Å²) in [6, 6.07) is 22.3. The molecule has 2 aromatic heterocycles. The second-order valence-electron chi connectivity index (χ2n) is 8.44. The first-order valence-electron chi connectivity index (χ1n) is 11.9. The lowest BCUT2D eigenvalue weighted by Crippen LogP contribution is -2.47. The normalized spacial score (nSPS) is 15.3. The zero-order valence-corrected chi connectivity index (χ0v) is 19.7. The highest BCUT2D eigenvalue weighted by atomic mass is 16.5. The van der Waals surface area contributed by atoms with Crippen LogP contribution in [0.2, 0.25) is 0 Å². The quantitative estimate of drug-likeness (QED) is 0.399. The minimum Gasteiger partial charge on any atom is -0.454 e. The van der Waals surface area contributed by atoms with E-state index in [4.69, 9.17) is 4.74 Å². The van der Waals surface area contributed by atoms with E-state index < -0.39 is 24.5 Å². The highest BCUT2D eigenvalue weighted by Crippen LogP contribution is 2.25. The first kappa shape index (κ1) is 23.2. The van der Waals surface area contributed by atoms with E-state index in [2.05, 4.69) is 20.4 Å². The van der Waals surface area contributed by atoms with E-state index in [1.165, 1.54) is 0 Å². The van der Waals surface area contributed by atoms with Crippen LogP contribution in [-0.2, 0) is 14.3 Å². The van der Waals surface area contributed by atoms with Crippen molar-refractivity contribution < 1.29 is 14.3 Å². The molecule has 1 amide bonds. The van der Waals surface area contributed by atoms with Gasteiger partial charge in [-0.1, -0.05) is 48.5 Å². The van der Waals surface area contributed by atoms with Gasteiger partial charge in [-0.05, 0) is 37.5 Å². The Hall–Kier alpha value is -4.53. The molecule has 1 aliphatic rings. The number of aromatic nitrogens is 4. The number of anilines is 2. The molecular weight excluding hydrogens is 456 g/mol. The van der Waals surface area contributed by atoms with Gasteiger partial charge in [0.2, 0.25) is 5.95 Å². The van der Waals surface area contributed by atoms with Gasteiger partial charge in [0.05, 0.1) is 11.4 Å². The summed E-state index contributed by atoms with van der Waals surface area (Å²) in [6.45, 7) is 0.258. The summed E-state index contributed by atoms with van der Waals surface area (Å²) >= 11 is 0. The third kappa shape index (κ3) is 5.25. The molecule has 1 N–H and O–H groups in total. The van der Waals surface area contributed by atoms with Crippen LogP contribution in [0.5, 0.6) is 0 Å². The first-order valence-corrected chi connectivity index (χ1v) is 11.9. The molecule has 0 spiro atoms. The Kier molecular flexibility index (Phi) is 6.98. The Morgan fingerprint density at radius 2 is 1.67 bits per heavy atom. The molecule has 1 atom stereocenters. The highest BCUT2D eigenvalue weighted by Gasteiger charge is 2.32. The van der Waals surface area contributed by atoms with Gasteiger partial charge in [0, 0.05) is 30.6 Å². The molecule has 3 heterocycles. The van der Waals surface area contributed by atoms with Crippen LogP contribution in [0, 0.1) is 0 Å². The summed E-state index contributed by atoms with van der Waals surface area (Å²) in [4.78, 5) is 36.1. The molecule has 0 aliphatic carbocycles. The van der Waals surface area contributed by atoms with Gasteiger partial charge in [0.25, 0.3) is 5.91 Å². The number of hydrogen-bond acceptors (Lipinski definition) is 7. The molecule has 1 fully saturated rings. The van der Waals surface area contributed by atoms with Gasteiger partial charge in [-0.2, -0.15) is 5.10 Å². The van der Waals surface area contributed by atoms with Crippen molar-refractivity contribution in [3.8, 4) is 16.9 Å². The predicted octanol–water partition coefficient (Wildman–Crippen LogP) is 3.87. The van der Waals surface area contributed by atoms with Gasteiger partial charge >= 0.3 is 5.97 Å². The lowest BCUT2D eigenvalue weighted by Gasteiger charge is -2.33. The number of hydrogen-bond donors (Lipinski definition) is 1. The summed E-state index contributed by atoms with van der Waals surface area (Å²) in [5, 5.41) is 7.54. The lowest BCUT2D eigenvalue weighted by molar-refractivity contribution is -0.149. The van der Waals surface area contributed by atoms with E-state index in [0.717, 1.165) is 24.1 Å². The number of carbonyl (C=O) groups is 2. The van der Waals surface area contributed by atoms with Crippen molar-refractivity contribution in [3.63, 3.8) is 0 Å². The molecule has 0 bridgehead atoms. The molecule has 1 aliphatic heterocycles. The Bertz CT molecular complexity index is 1310. The first-order chi connectivity index (χ1) is 17.7. The molecule has 5 rings (SSSR count). The van der Waals surface area contributed by atoms with Gasteiger partial charge in [-0.3, -0.25) is 4.79 Å². The van der Waals surface area contributed by atoms with E-state index in [-0.39, 0.29) is 0 Å². The number of amides is 1. The summed E-state index contributed by atoms with van der Waals surface area (Å²) in [5.41, 5.74) is 2.44. The smallest absolute Gasteiger partial charge is 0.329 e. The number of esters is 1. The monoisotopic (exact) mass is 482 g/mol. The predicted molar refractivity (Wildman–Crippen MR) is 136 cm³/mol. The SMILES string of the molecule is O=C(COC(=O)C1CCCCN1c1ncccn1)Nc1cc(-c2ccccc2)nn1-c1ccccc1. The van der Waals surface area contributed by atoms with Crippen LogP contribution in [0.15, 0.2) is 85.2 Å². The Morgan fingerprint density at radius 1 is 0.944 bits per heavy atom. The average molecular weight is 483 g/mol. The molecule has 9 nitrogen and oxygen atoms in total. The van der Waals surface area contributed by atoms with Crippen LogP contribution < -0.4 is 10.2 Å². The van der Waals surface area contributed by atoms with Crippen molar-refractivity contribution in [2.24, 2.45) is 0 Å². The molecule has 1 saturated heterocycles. The second kappa shape index (κ2) is 10.8. The largest absolute Gasteiger partial charge is 0.454 e. The van der Waals surface area contributed by atoms with E-state index >= 15 is 0 Å². The number of piperidine rings is 1. The number of ether oxygens (including phenoxy) is 1. The fraction of sp³-hybridized carbons (Fsp3) is 0.222. The number of rotatable bonds is 7. The van der Waals surface area contributed by atoms with Crippen LogP contribution in [0.4, 0.5) is 11.8 Å². The summed E-state index contributed by atoms with van der Waals surface area (Å²) in [5.74, 6) is 0.0686. The average Bonchev–Trinajstić information content (AvgIpc) is 3.37. The number of nitrogens with one attached hydrogen (secondary N) is 1. The standard InChI is InChI=1S/C27H26N6O3/c34-25(19-36-26(35)23-14-7-8-17-32(23)27-28-15-9-16-29-27)30-24-18-22(20-10-3-1-4-11-20)31-33(24)21-12-5-2-6-13-21/h1-6,9-13,15-16,18,23H,7-8,14,17,19H2,(H,30,34). The highest BCUT2D eigenvalue weighted by molar-refractivity contribution is 5.93. The molecule has 1 unspecified atom stereocenters. The summed E-state index contributed by atoms with van der Waals surface area (Å²) in [6.07, 6.45) is 5.75. The Morgan fingerprint density at radius 3 is 2.42 bits per heavy atom. The summed E-state index contributed by atoms with van der Waals surface area (Å²) in [7, 11) is 0. The maximum absolute atomic E-state index is 12.9. The maximum atomic E-state index is 12.9. The van der Waals surface area contributed by atoms with Crippen LogP contribution in [0.25, 0.3) is 16.9 Å². The number of carbonyl (C=O) groups excluding carboxylic acids is 2. The third-order valence-corrected chi connectivity index (χ3v) is 5.98. The van der Waals surface area contributed by atoms with Crippen molar-refractivity contribution in [2.75, 3.05) is 23.4 Å². The Labute approximate surface area is 208 Å².